The molecular formula is C16H23ClN2S. The van der Waals surface area contributed by atoms with Gasteiger partial charge in [-0.05, 0) is 80.2 Å². The van der Waals surface area contributed by atoms with Crippen molar-refractivity contribution in [1.82, 2.24) is 5.43 Å². The lowest BCUT2D eigenvalue weighted by atomic mass is 9.48. The molecule has 4 bridgehead atoms. The van der Waals surface area contributed by atoms with Crippen molar-refractivity contribution in [3.05, 3.63) is 21.3 Å². The molecule has 4 saturated carbocycles. The Kier molecular flexibility index (Phi) is 3.38. The highest BCUT2D eigenvalue weighted by atomic mass is 35.5. The van der Waals surface area contributed by atoms with Crippen LogP contribution in [0.25, 0.3) is 0 Å². The Labute approximate surface area is 130 Å². The van der Waals surface area contributed by atoms with Gasteiger partial charge < -0.3 is 0 Å². The van der Waals surface area contributed by atoms with Crippen LogP contribution < -0.4 is 11.3 Å². The Morgan fingerprint density at radius 3 is 2.25 bits per heavy atom. The second-order valence-corrected chi connectivity index (χ2v) is 9.23. The van der Waals surface area contributed by atoms with E-state index in [2.05, 4.69) is 11.5 Å². The highest BCUT2D eigenvalue weighted by Crippen LogP contribution is 2.62. The number of hydrogen-bond acceptors (Lipinski definition) is 3. The lowest BCUT2D eigenvalue weighted by molar-refractivity contribution is -0.0621. The number of hydrogen-bond donors (Lipinski definition) is 2. The normalized spacial score (nSPS) is 40.2. The van der Waals surface area contributed by atoms with Crippen LogP contribution in [-0.4, -0.2) is 0 Å². The van der Waals surface area contributed by atoms with E-state index in [9.17, 15) is 0 Å². The largest absolute Gasteiger partial charge is 0.271 e. The molecule has 0 aromatic carbocycles. The molecule has 0 aliphatic heterocycles. The Morgan fingerprint density at radius 2 is 1.80 bits per heavy atom. The Balaban J connectivity index is 1.55. The summed E-state index contributed by atoms with van der Waals surface area (Å²) in [5.41, 5.74) is 3.62. The second kappa shape index (κ2) is 4.98. The van der Waals surface area contributed by atoms with Crippen LogP contribution in [0, 0.1) is 23.2 Å². The van der Waals surface area contributed by atoms with Gasteiger partial charge in [0, 0.05) is 4.88 Å². The minimum atomic E-state index is 0.281. The minimum absolute atomic E-state index is 0.281. The molecule has 4 aliphatic carbocycles. The highest BCUT2D eigenvalue weighted by molar-refractivity contribution is 7.16. The minimum Gasteiger partial charge on any atom is -0.271 e. The van der Waals surface area contributed by atoms with Gasteiger partial charge in [0.2, 0.25) is 0 Å². The zero-order valence-electron chi connectivity index (χ0n) is 11.8. The van der Waals surface area contributed by atoms with Crippen molar-refractivity contribution in [2.24, 2.45) is 29.0 Å². The smallest absolute Gasteiger partial charge is 0.0931 e. The standard InChI is InChI=1S/C16H23ClN2S/c17-15-2-1-14(20-15)13(19-18)9-16-6-10-3-11(7-16)5-12(4-10)8-16/h1-2,10-13,19H,3-9,18H2. The summed E-state index contributed by atoms with van der Waals surface area (Å²) in [5, 5.41) is 0. The third-order valence-electron chi connectivity index (χ3n) is 5.94. The van der Waals surface area contributed by atoms with E-state index in [0.717, 1.165) is 22.1 Å². The molecule has 1 unspecified atom stereocenters. The van der Waals surface area contributed by atoms with Gasteiger partial charge in [0.15, 0.2) is 0 Å². The fourth-order valence-corrected chi connectivity index (χ4v) is 6.85. The van der Waals surface area contributed by atoms with Crippen LogP contribution in [0.5, 0.6) is 0 Å². The van der Waals surface area contributed by atoms with Gasteiger partial charge in [-0.2, -0.15) is 0 Å². The Morgan fingerprint density at radius 1 is 1.20 bits per heavy atom. The molecule has 3 N–H and O–H groups in total. The van der Waals surface area contributed by atoms with Crippen LogP contribution >= 0.6 is 22.9 Å². The van der Waals surface area contributed by atoms with E-state index in [-0.39, 0.29) is 6.04 Å². The summed E-state index contributed by atoms with van der Waals surface area (Å²) in [6.07, 6.45) is 10.0. The molecular weight excluding hydrogens is 288 g/mol. The number of nitrogens with one attached hydrogen (secondary N) is 1. The summed E-state index contributed by atoms with van der Waals surface area (Å²) in [7, 11) is 0. The summed E-state index contributed by atoms with van der Waals surface area (Å²) in [5.74, 6) is 8.88. The highest BCUT2D eigenvalue weighted by Gasteiger charge is 2.51. The van der Waals surface area contributed by atoms with Crippen molar-refractivity contribution in [3.8, 4) is 0 Å². The van der Waals surface area contributed by atoms with Crippen LogP contribution in [0.3, 0.4) is 0 Å². The molecule has 20 heavy (non-hydrogen) atoms. The number of halogens is 1. The van der Waals surface area contributed by atoms with E-state index >= 15 is 0 Å². The van der Waals surface area contributed by atoms with Gasteiger partial charge in [-0.1, -0.05) is 11.6 Å². The number of nitrogens with two attached hydrogens (primary N) is 1. The Hall–Kier alpha value is -0.0900. The number of rotatable bonds is 4. The van der Waals surface area contributed by atoms with Gasteiger partial charge in [0.1, 0.15) is 0 Å². The lowest BCUT2D eigenvalue weighted by Gasteiger charge is -2.57. The van der Waals surface area contributed by atoms with Gasteiger partial charge in [0.25, 0.3) is 0 Å². The first-order valence-electron chi connectivity index (χ1n) is 7.87. The van der Waals surface area contributed by atoms with Crippen molar-refractivity contribution in [2.45, 2.75) is 51.0 Å². The molecule has 5 rings (SSSR count). The topological polar surface area (TPSA) is 38.0 Å². The maximum absolute atomic E-state index is 6.09. The van der Waals surface area contributed by atoms with E-state index in [0.29, 0.717) is 5.41 Å². The predicted molar refractivity (Wildman–Crippen MR) is 84.6 cm³/mol. The molecule has 4 heteroatoms. The van der Waals surface area contributed by atoms with Crippen molar-refractivity contribution < 1.29 is 0 Å². The maximum atomic E-state index is 6.09. The van der Waals surface area contributed by atoms with Crippen molar-refractivity contribution in [2.75, 3.05) is 0 Å². The summed E-state index contributed by atoms with van der Waals surface area (Å²) in [6, 6.07) is 4.41. The van der Waals surface area contributed by atoms with Gasteiger partial charge in [-0.25, -0.2) is 0 Å². The SMILES string of the molecule is NNC(CC12CC3CC(CC(C3)C1)C2)c1ccc(Cl)s1. The average Bonchev–Trinajstić information content (AvgIpc) is 2.81. The van der Waals surface area contributed by atoms with Crippen LogP contribution in [-0.2, 0) is 0 Å². The zero-order valence-corrected chi connectivity index (χ0v) is 13.3. The van der Waals surface area contributed by atoms with Gasteiger partial charge in [-0.15, -0.1) is 11.3 Å². The first kappa shape index (κ1) is 13.6. The molecule has 110 valence electrons. The summed E-state index contributed by atoms with van der Waals surface area (Å²) < 4.78 is 0.866. The van der Waals surface area contributed by atoms with E-state index in [1.807, 2.05) is 6.07 Å². The molecule has 1 heterocycles. The van der Waals surface area contributed by atoms with Gasteiger partial charge in [0.05, 0.1) is 10.4 Å². The molecule has 4 aliphatic rings. The first-order chi connectivity index (χ1) is 9.66. The predicted octanol–water partition coefficient (Wildman–Crippen LogP) is 4.51. The van der Waals surface area contributed by atoms with E-state index in [1.165, 1.54) is 49.8 Å². The molecule has 1 aromatic rings. The maximum Gasteiger partial charge on any atom is 0.0931 e. The molecule has 0 saturated heterocycles. The third-order valence-corrected chi connectivity index (χ3v) is 7.29. The molecule has 4 fully saturated rings. The van der Waals surface area contributed by atoms with Crippen LogP contribution in [0.1, 0.15) is 55.9 Å². The van der Waals surface area contributed by atoms with Crippen LogP contribution in [0.2, 0.25) is 4.34 Å². The molecule has 1 aromatic heterocycles. The van der Waals surface area contributed by atoms with E-state index in [4.69, 9.17) is 17.4 Å². The number of thiophene rings is 1. The fourth-order valence-electron chi connectivity index (χ4n) is 5.73. The molecule has 0 radical (unpaired) electrons. The first-order valence-corrected chi connectivity index (χ1v) is 9.07. The molecule has 0 spiro atoms. The summed E-state index contributed by atoms with van der Waals surface area (Å²) >= 11 is 7.76. The molecule has 0 amide bonds. The third kappa shape index (κ3) is 2.33. The van der Waals surface area contributed by atoms with Crippen molar-refractivity contribution in [1.29, 1.82) is 0 Å². The summed E-state index contributed by atoms with van der Waals surface area (Å²) in [6.45, 7) is 0. The van der Waals surface area contributed by atoms with Gasteiger partial charge in [-0.3, -0.25) is 11.3 Å². The molecule has 2 nitrogen and oxygen atoms in total. The van der Waals surface area contributed by atoms with Crippen molar-refractivity contribution >= 4 is 22.9 Å². The monoisotopic (exact) mass is 310 g/mol. The average molecular weight is 311 g/mol. The fraction of sp³-hybridized carbons (Fsp3) is 0.750. The van der Waals surface area contributed by atoms with E-state index in [1.54, 1.807) is 11.3 Å². The van der Waals surface area contributed by atoms with E-state index < -0.39 is 0 Å². The quantitative estimate of drug-likeness (QED) is 0.634. The van der Waals surface area contributed by atoms with Crippen LogP contribution in [0.4, 0.5) is 0 Å². The lowest BCUT2D eigenvalue weighted by Crippen LogP contribution is -2.47. The summed E-state index contributed by atoms with van der Waals surface area (Å²) in [4.78, 5) is 1.30. The van der Waals surface area contributed by atoms with Gasteiger partial charge >= 0.3 is 0 Å². The van der Waals surface area contributed by atoms with Crippen molar-refractivity contribution in [3.63, 3.8) is 0 Å². The molecule has 1 atom stereocenters. The zero-order chi connectivity index (χ0) is 13.7. The number of hydrazine groups is 1. The van der Waals surface area contributed by atoms with Crippen LogP contribution in [0.15, 0.2) is 12.1 Å². The Bertz CT molecular complexity index is 463. The second-order valence-electron chi connectivity index (χ2n) is 7.48.